The number of amides is 1. The van der Waals surface area contributed by atoms with Crippen molar-refractivity contribution >= 4 is 12.1 Å². The van der Waals surface area contributed by atoms with E-state index >= 15 is 0 Å². The van der Waals surface area contributed by atoms with Gasteiger partial charge in [0.25, 0.3) is 0 Å². The van der Waals surface area contributed by atoms with Gasteiger partial charge in [0.05, 0.1) is 7.11 Å². The van der Waals surface area contributed by atoms with Gasteiger partial charge in [-0.25, -0.2) is 9.59 Å². The number of ether oxygens (including phenoxy) is 2. The Kier molecular flexibility index (Phi) is 6.54. The van der Waals surface area contributed by atoms with Gasteiger partial charge in [-0.2, -0.15) is 0 Å². The van der Waals surface area contributed by atoms with Gasteiger partial charge >= 0.3 is 12.1 Å². The highest BCUT2D eigenvalue weighted by molar-refractivity contribution is 5.82. The van der Waals surface area contributed by atoms with E-state index in [4.69, 9.17) is 4.74 Å². The van der Waals surface area contributed by atoms with Crippen molar-refractivity contribution in [3.05, 3.63) is 71.3 Å². The van der Waals surface area contributed by atoms with Crippen molar-refractivity contribution < 1.29 is 24.2 Å². The highest BCUT2D eigenvalue weighted by Gasteiger charge is 2.31. The lowest BCUT2D eigenvalue weighted by molar-refractivity contribution is -0.146. The van der Waals surface area contributed by atoms with Crippen LogP contribution in [0.5, 0.6) is 0 Å². The molecular formula is C19H21NO5. The van der Waals surface area contributed by atoms with Crippen molar-refractivity contribution in [3.63, 3.8) is 0 Å². The van der Waals surface area contributed by atoms with E-state index in [1.165, 1.54) is 7.11 Å². The maximum Gasteiger partial charge on any atom is 0.408 e. The van der Waals surface area contributed by atoms with Gasteiger partial charge in [0, 0.05) is 0 Å². The van der Waals surface area contributed by atoms with Crippen LogP contribution in [0.15, 0.2) is 54.6 Å². The number of aliphatic hydroxyl groups is 1. The molecule has 2 atom stereocenters. The van der Waals surface area contributed by atoms with Crippen LogP contribution < -0.4 is 5.32 Å². The fourth-order valence-corrected chi connectivity index (χ4v) is 2.24. The standard InChI is InChI=1S/C19H21NO5/c1-13-8-10-15(11-9-13)17(21)16(18(22)24-2)20-19(23)25-12-14-6-4-3-5-7-14/h3-11,16-17,21H,12H2,1-2H3,(H,20,23). The predicted octanol–water partition coefficient (Wildman–Crippen LogP) is 2.50. The Morgan fingerprint density at radius 3 is 2.32 bits per heavy atom. The Morgan fingerprint density at radius 2 is 1.72 bits per heavy atom. The number of rotatable bonds is 6. The topological polar surface area (TPSA) is 84.9 Å². The lowest BCUT2D eigenvalue weighted by atomic mass is 10.0. The minimum atomic E-state index is -1.27. The van der Waals surface area contributed by atoms with Crippen molar-refractivity contribution in [2.45, 2.75) is 25.7 Å². The molecule has 25 heavy (non-hydrogen) atoms. The van der Waals surface area contributed by atoms with Crippen LogP contribution in [-0.2, 0) is 20.9 Å². The first kappa shape index (κ1) is 18.5. The number of esters is 1. The highest BCUT2D eigenvalue weighted by Crippen LogP contribution is 2.18. The van der Waals surface area contributed by atoms with Gasteiger partial charge < -0.3 is 19.9 Å². The van der Waals surface area contributed by atoms with Gasteiger partial charge in [-0.15, -0.1) is 0 Å². The van der Waals surface area contributed by atoms with Crippen LogP contribution in [0, 0.1) is 6.92 Å². The lowest BCUT2D eigenvalue weighted by Crippen LogP contribution is -2.45. The minimum absolute atomic E-state index is 0.0567. The van der Waals surface area contributed by atoms with Crippen molar-refractivity contribution in [1.29, 1.82) is 0 Å². The van der Waals surface area contributed by atoms with Crippen molar-refractivity contribution in [2.75, 3.05) is 7.11 Å². The zero-order valence-corrected chi connectivity index (χ0v) is 14.1. The molecule has 1 amide bonds. The second-order valence-corrected chi connectivity index (χ2v) is 5.56. The summed E-state index contributed by atoms with van der Waals surface area (Å²) in [5, 5.41) is 12.8. The zero-order valence-electron chi connectivity index (χ0n) is 14.1. The molecule has 0 aliphatic carbocycles. The number of hydrogen-bond donors (Lipinski definition) is 2. The van der Waals surface area contributed by atoms with Crippen LogP contribution in [0.1, 0.15) is 22.8 Å². The van der Waals surface area contributed by atoms with Gasteiger partial charge in [-0.1, -0.05) is 60.2 Å². The summed E-state index contributed by atoms with van der Waals surface area (Å²) in [4.78, 5) is 23.9. The summed E-state index contributed by atoms with van der Waals surface area (Å²) in [6.45, 7) is 1.97. The Morgan fingerprint density at radius 1 is 1.08 bits per heavy atom. The third-order valence-electron chi connectivity index (χ3n) is 3.68. The number of alkyl carbamates (subject to hydrolysis) is 1. The van der Waals surface area contributed by atoms with Gasteiger partial charge in [0.2, 0.25) is 0 Å². The highest BCUT2D eigenvalue weighted by atomic mass is 16.6. The fraction of sp³-hybridized carbons (Fsp3) is 0.263. The molecule has 2 unspecified atom stereocenters. The molecule has 132 valence electrons. The third-order valence-corrected chi connectivity index (χ3v) is 3.68. The van der Waals surface area contributed by atoms with Gasteiger partial charge in [-0.05, 0) is 18.1 Å². The quantitative estimate of drug-likeness (QED) is 0.787. The van der Waals surface area contributed by atoms with E-state index in [0.29, 0.717) is 5.56 Å². The SMILES string of the molecule is COC(=O)C(NC(=O)OCc1ccccc1)C(O)c1ccc(C)cc1. The molecule has 0 aliphatic heterocycles. The molecule has 0 heterocycles. The molecule has 0 aliphatic rings. The average Bonchev–Trinajstić information content (AvgIpc) is 2.64. The maximum atomic E-state index is 12.0. The lowest BCUT2D eigenvalue weighted by Gasteiger charge is -2.22. The van der Waals surface area contributed by atoms with Crippen molar-refractivity contribution in [1.82, 2.24) is 5.32 Å². The second kappa shape index (κ2) is 8.84. The second-order valence-electron chi connectivity index (χ2n) is 5.56. The minimum Gasteiger partial charge on any atom is -0.467 e. The molecule has 2 aromatic rings. The molecule has 0 saturated heterocycles. The van der Waals surface area contributed by atoms with Crippen molar-refractivity contribution in [3.8, 4) is 0 Å². The summed E-state index contributed by atoms with van der Waals surface area (Å²) >= 11 is 0. The van der Waals surface area contributed by atoms with Crippen LogP contribution >= 0.6 is 0 Å². The number of aliphatic hydroxyl groups excluding tert-OH is 1. The Bertz CT molecular complexity index is 700. The van der Waals surface area contributed by atoms with Crippen LogP contribution in [0.3, 0.4) is 0 Å². The molecule has 0 fully saturated rings. The van der Waals surface area contributed by atoms with E-state index in [0.717, 1.165) is 11.1 Å². The molecule has 0 bridgehead atoms. The Balaban J connectivity index is 2.02. The van der Waals surface area contributed by atoms with Crippen LogP contribution in [0.2, 0.25) is 0 Å². The molecule has 6 nitrogen and oxygen atoms in total. The molecule has 2 rings (SSSR count). The maximum absolute atomic E-state index is 12.0. The summed E-state index contributed by atoms with van der Waals surface area (Å²) in [5.74, 6) is -0.760. The van der Waals surface area contributed by atoms with Crippen LogP contribution in [-0.4, -0.2) is 30.3 Å². The van der Waals surface area contributed by atoms with Gasteiger partial charge in [-0.3, -0.25) is 0 Å². The number of hydrogen-bond acceptors (Lipinski definition) is 5. The van der Waals surface area contributed by atoms with E-state index in [-0.39, 0.29) is 6.61 Å². The number of benzene rings is 2. The van der Waals surface area contributed by atoms with E-state index in [2.05, 4.69) is 10.1 Å². The average molecular weight is 343 g/mol. The number of nitrogens with one attached hydrogen (secondary N) is 1. The first-order valence-electron chi connectivity index (χ1n) is 7.81. The molecule has 2 aromatic carbocycles. The normalized spacial score (nSPS) is 12.8. The van der Waals surface area contributed by atoms with Crippen LogP contribution in [0.25, 0.3) is 0 Å². The zero-order chi connectivity index (χ0) is 18.2. The third kappa shape index (κ3) is 5.32. The molecule has 0 saturated carbocycles. The Hall–Kier alpha value is -2.86. The summed E-state index contributed by atoms with van der Waals surface area (Å²) in [6, 6.07) is 14.9. The number of carbonyl (C=O) groups excluding carboxylic acids is 2. The summed E-state index contributed by atoms with van der Waals surface area (Å²) in [7, 11) is 1.19. The van der Waals surface area contributed by atoms with E-state index < -0.39 is 24.2 Å². The number of carbonyl (C=O) groups is 2. The smallest absolute Gasteiger partial charge is 0.408 e. The first-order valence-corrected chi connectivity index (χ1v) is 7.81. The molecule has 0 spiro atoms. The van der Waals surface area contributed by atoms with E-state index in [1.807, 2.05) is 37.3 Å². The molecule has 2 N–H and O–H groups in total. The molecule has 0 radical (unpaired) electrons. The van der Waals surface area contributed by atoms with Gasteiger partial charge in [0.1, 0.15) is 12.7 Å². The summed E-state index contributed by atoms with van der Waals surface area (Å²) < 4.78 is 9.76. The monoisotopic (exact) mass is 343 g/mol. The van der Waals surface area contributed by atoms with Crippen molar-refractivity contribution in [2.24, 2.45) is 0 Å². The molecular weight excluding hydrogens is 322 g/mol. The number of methoxy groups -OCH3 is 1. The summed E-state index contributed by atoms with van der Waals surface area (Å²) in [5.41, 5.74) is 2.32. The fourth-order valence-electron chi connectivity index (χ4n) is 2.24. The van der Waals surface area contributed by atoms with Crippen LogP contribution in [0.4, 0.5) is 4.79 Å². The Labute approximate surface area is 146 Å². The first-order chi connectivity index (χ1) is 12.0. The van der Waals surface area contributed by atoms with E-state index in [9.17, 15) is 14.7 Å². The number of aryl methyl sites for hydroxylation is 1. The van der Waals surface area contributed by atoms with Gasteiger partial charge in [0.15, 0.2) is 6.04 Å². The summed E-state index contributed by atoms with van der Waals surface area (Å²) in [6.07, 6.45) is -2.07. The predicted molar refractivity (Wildman–Crippen MR) is 91.7 cm³/mol. The molecule has 6 heteroatoms. The molecule has 0 aromatic heterocycles. The largest absolute Gasteiger partial charge is 0.467 e. The van der Waals surface area contributed by atoms with E-state index in [1.54, 1.807) is 24.3 Å².